The number of carboxylic acid groups (broad SMARTS) is 1. The zero-order valence-electron chi connectivity index (χ0n) is 15.3. The Morgan fingerprint density at radius 1 is 1.22 bits per heavy atom. The summed E-state index contributed by atoms with van der Waals surface area (Å²) < 4.78 is 7.83. The number of methoxy groups -OCH3 is 1. The third kappa shape index (κ3) is 3.64. The van der Waals surface area contributed by atoms with Crippen LogP contribution >= 0.6 is 11.3 Å². The summed E-state index contributed by atoms with van der Waals surface area (Å²) in [6, 6.07) is 11.7. The molecule has 1 unspecified atom stereocenters. The number of fused-ring (bicyclic) bond motifs is 1. The standard InChI is InChI=1S/C20H20N2O4S/c1-4-14(19(24)25)22-17-15(26-3)6-5-7-16(17)27-20(22)21-18(23)13-10-8-12(2)9-11-13/h5-11,14H,4H2,1-3H3,(H,24,25)/b21-20-. The number of nitrogens with zero attached hydrogens (tertiary/aromatic N) is 2. The highest BCUT2D eigenvalue weighted by atomic mass is 32.1. The van der Waals surface area contributed by atoms with E-state index in [9.17, 15) is 14.7 Å². The van der Waals surface area contributed by atoms with Crippen LogP contribution in [-0.2, 0) is 4.79 Å². The van der Waals surface area contributed by atoms with Crippen molar-refractivity contribution in [2.45, 2.75) is 26.3 Å². The molecule has 1 heterocycles. The summed E-state index contributed by atoms with van der Waals surface area (Å²) in [5, 5.41) is 9.69. The highest BCUT2D eigenvalue weighted by Gasteiger charge is 2.24. The molecule has 3 aromatic rings. The van der Waals surface area contributed by atoms with Crippen molar-refractivity contribution in [3.8, 4) is 5.75 Å². The van der Waals surface area contributed by atoms with Crippen molar-refractivity contribution in [3.05, 3.63) is 58.4 Å². The van der Waals surface area contributed by atoms with Crippen LogP contribution in [0.25, 0.3) is 10.2 Å². The van der Waals surface area contributed by atoms with Crippen molar-refractivity contribution < 1.29 is 19.4 Å². The van der Waals surface area contributed by atoms with Crippen LogP contribution in [0.2, 0.25) is 0 Å². The number of aryl methyl sites for hydroxylation is 1. The number of ether oxygens (including phenoxy) is 1. The van der Waals surface area contributed by atoms with Crippen molar-refractivity contribution in [2.24, 2.45) is 4.99 Å². The fourth-order valence-corrected chi connectivity index (χ4v) is 4.00. The van der Waals surface area contributed by atoms with Crippen LogP contribution in [0.3, 0.4) is 0 Å². The SMILES string of the molecule is CCC(C(=O)O)n1/c(=N/C(=O)c2ccc(C)cc2)sc2cccc(OC)c21. The maximum Gasteiger partial charge on any atom is 0.326 e. The van der Waals surface area contributed by atoms with Crippen LogP contribution in [0.4, 0.5) is 0 Å². The number of thiazole rings is 1. The number of hydrogen-bond acceptors (Lipinski definition) is 4. The molecular weight excluding hydrogens is 364 g/mol. The maximum atomic E-state index is 12.6. The van der Waals surface area contributed by atoms with E-state index in [1.807, 2.05) is 31.2 Å². The second kappa shape index (κ2) is 7.75. The largest absolute Gasteiger partial charge is 0.495 e. The van der Waals surface area contributed by atoms with Crippen molar-refractivity contribution in [1.29, 1.82) is 0 Å². The van der Waals surface area contributed by atoms with E-state index in [4.69, 9.17) is 4.74 Å². The first kappa shape index (κ1) is 18.8. The Balaban J connectivity index is 2.27. The normalized spacial score (nSPS) is 12.9. The lowest BCUT2D eigenvalue weighted by Crippen LogP contribution is -2.27. The smallest absolute Gasteiger partial charge is 0.326 e. The molecule has 0 radical (unpaired) electrons. The summed E-state index contributed by atoms with van der Waals surface area (Å²) in [5.74, 6) is -0.838. The van der Waals surface area contributed by atoms with Gasteiger partial charge in [0.1, 0.15) is 17.3 Å². The van der Waals surface area contributed by atoms with Gasteiger partial charge in [-0.15, -0.1) is 0 Å². The fraction of sp³-hybridized carbons (Fsp3) is 0.250. The van der Waals surface area contributed by atoms with Crippen molar-refractivity contribution >= 4 is 33.4 Å². The van der Waals surface area contributed by atoms with E-state index in [1.165, 1.54) is 18.4 Å². The molecule has 3 rings (SSSR count). The van der Waals surface area contributed by atoms with Gasteiger partial charge >= 0.3 is 5.97 Å². The summed E-state index contributed by atoms with van der Waals surface area (Å²) in [5.41, 5.74) is 2.14. The summed E-state index contributed by atoms with van der Waals surface area (Å²) in [6.07, 6.45) is 0.352. The average Bonchev–Trinajstić information content (AvgIpc) is 3.00. The molecule has 0 bridgehead atoms. The van der Waals surface area contributed by atoms with Crippen LogP contribution in [0.1, 0.15) is 35.3 Å². The fourth-order valence-electron chi connectivity index (χ4n) is 2.91. The number of hydrogen-bond donors (Lipinski definition) is 1. The number of aliphatic carboxylic acids is 1. The predicted molar refractivity (Wildman–Crippen MR) is 104 cm³/mol. The molecule has 0 saturated carbocycles. The molecule has 0 aliphatic heterocycles. The van der Waals surface area contributed by atoms with E-state index in [0.29, 0.717) is 28.1 Å². The molecule has 7 heteroatoms. The predicted octanol–water partition coefficient (Wildman–Crippen LogP) is 3.80. The van der Waals surface area contributed by atoms with E-state index in [2.05, 4.69) is 4.99 Å². The van der Waals surface area contributed by atoms with E-state index >= 15 is 0 Å². The summed E-state index contributed by atoms with van der Waals surface area (Å²) in [4.78, 5) is 29.1. The number of benzene rings is 2. The molecule has 6 nitrogen and oxygen atoms in total. The summed E-state index contributed by atoms with van der Waals surface area (Å²) in [7, 11) is 1.53. The Kier molecular flexibility index (Phi) is 5.41. The number of para-hydroxylation sites is 1. The zero-order valence-corrected chi connectivity index (χ0v) is 16.1. The molecule has 1 aromatic heterocycles. The van der Waals surface area contributed by atoms with Gasteiger partial charge in [-0.2, -0.15) is 4.99 Å². The van der Waals surface area contributed by atoms with Gasteiger partial charge in [0, 0.05) is 5.56 Å². The summed E-state index contributed by atoms with van der Waals surface area (Å²) in [6.45, 7) is 3.73. The first-order valence-electron chi connectivity index (χ1n) is 8.52. The Labute approximate surface area is 160 Å². The molecule has 0 aliphatic rings. The zero-order chi connectivity index (χ0) is 19.6. The first-order valence-corrected chi connectivity index (χ1v) is 9.34. The van der Waals surface area contributed by atoms with Crippen LogP contribution in [-0.4, -0.2) is 28.7 Å². The van der Waals surface area contributed by atoms with E-state index < -0.39 is 17.9 Å². The molecule has 0 fully saturated rings. The lowest BCUT2D eigenvalue weighted by atomic mass is 10.1. The monoisotopic (exact) mass is 384 g/mol. The number of carbonyl (C=O) groups excluding carboxylic acids is 1. The lowest BCUT2D eigenvalue weighted by molar-refractivity contribution is -0.140. The van der Waals surface area contributed by atoms with Gasteiger partial charge in [-0.1, -0.05) is 42.0 Å². The minimum absolute atomic E-state index is 0.342. The van der Waals surface area contributed by atoms with E-state index in [0.717, 1.165) is 10.3 Å². The number of amides is 1. The van der Waals surface area contributed by atoms with Crippen LogP contribution < -0.4 is 9.54 Å². The topological polar surface area (TPSA) is 80.9 Å². The molecule has 0 aliphatic carbocycles. The van der Waals surface area contributed by atoms with Crippen molar-refractivity contribution in [3.63, 3.8) is 0 Å². The summed E-state index contributed by atoms with van der Waals surface area (Å²) >= 11 is 1.27. The van der Waals surface area contributed by atoms with Gasteiger partial charge in [0.2, 0.25) is 0 Å². The van der Waals surface area contributed by atoms with Gasteiger partial charge in [0.15, 0.2) is 4.80 Å². The first-order chi connectivity index (χ1) is 13.0. The lowest BCUT2D eigenvalue weighted by Gasteiger charge is -2.15. The second-order valence-corrected chi connectivity index (χ2v) is 7.12. The van der Waals surface area contributed by atoms with Crippen LogP contribution in [0.5, 0.6) is 5.75 Å². The van der Waals surface area contributed by atoms with Crippen LogP contribution in [0, 0.1) is 6.92 Å². The van der Waals surface area contributed by atoms with Gasteiger partial charge < -0.3 is 9.84 Å². The third-order valence-electron chi connectivity index (χ3n) is 4.31. The Bertz CT molecular complexity index is 1060. The Hall–Kier alpha value is -2.93. The Morgan fingerprint density at radius 3 is 2.52 bits per heavy atom. The number of carboxylic acids is 1. The molecule has 2 aromatic carbocycles. The van der Waals surface area contributed by atoms with Gasteiger partial charge in [-0.05, 0) is 37.6 Å². The quantitative estimate of drug-likeness (QED) is 0.726. The number of aromatic nitrogens is 1. The molecule has 1 atom stereocenters. The average molecular weight is 384 g/mol. The van der Waals surface area contributed by atoms with Crippen LogP contribution in [0.15, 0.2) is 47.5 Å². The molecule has 140 valence electrons. The second-order valence-electron chi connectivity index (χ2n) is 6.11. The van der Waals surface area contributed by atoms with Crippen molar-refractivity contribution in [2.75, 3.05) is 7.11 Å². The molecular formula is C20H20N2O4S. The minimum Gasteiger partial charge on any atom is -0.495 e. The molecule has 1 amide bonds. The number of rotatable bonds is 5. The van der Waals surface area contributed by atoms with Gasteiger partial charge in [0.05, 0.1) is 11.8 Å². The van der Waals surface area contributed by atoms with Gasteiger partial charge in [-0.3, -0.25) is 9.36 Å². The molecule has 1 N–H and O–H groups in total. The highest BCUT2D eigenvalue weighted by molar-refractivity contribution is 7.16. The molecule has 0 spiro atoms. The maximum absolute atomic E-state index is 12.6. The third-order valence-corrected chi connectivity index (χ3v) is 5.33. The van der Waals surface area contributed by atoms with Crippen molar-refractivity contribution in [1.82, 2.24) is 4.57 Å². The van der Waals surface area contributed by atoms with E-state index in [1.54, 1.807) is 29.7 Å². The Morgan fingerprint density at radius 2 is 1.93 bits per heavy atom. The molecule has 27 heavy (non-hydrogen) atoms. The van der Waals surface area contributed by atoms with E-state index in [-0.39, 0.29) is 0 Å². The molecule has 0 saturated heterocycles. The van der Waals surface area contributed by atoms with Gasteiger partial charge in [0.25, 0.3) is 5.91 Å². The van der Waals surface area contributed by atoms with Gasteiger partial charge in [-0.25, -0.2) is 4.79 Å². The highest BCUT2D eigenvalue weighted by Crippen LogP contribution is 2.30. The minimum atomic E-state index is -0.979. The number of carbonyl (C=O) groups is 2.